The van der Waals surface area contributed by atoms with E-state index in [1.54, 1.807) is 0 Å². The molecule has 0 unspecified atom stereocenters. The number of aromatic nitrogens is 2. The van der Waals surface area contributed by atoms with Gasteiger partial charge in [0.05, 0.1) is 10.4 Å². The van der Waals surface area contributed by atoms with Gasteiger partial charge in [0.15, 0.2) is 0 Å². The second-order valence-electron chi connectivity index (χ2n) is 3.29. The van der Waals surface area contributed by atoms with E-state index in [1.165, 1.54) is 0 Å². The van der Waals surface area contributed by atoms with Gasteiger partial charge in [-0.1, -0.05) is 11.6 Å². The first-order chi connectivity index (χ1) is 8.21. The van der Waals surface area contributed by atoms with Crippen molar-refractivity contribution in [3.8, 4) is 0 Å². The SMILES string of the molecule is O=[N+]([O-])c1cc2c(cc1Cl)nc(C(F)(F)F)n2O. The molecule has 1 aromatic carbocycles. The molecule has 0 aliphatic heterocycles. The van der Waals surface area contributed by atoms with Crippen LogP contribution in [0.2, 0.25) is 5.02 Å². The largest absolute Gasteiger partial charge is 0.453 e. The average Bonchev–Trinajstić information content (AvgIpc) is 2.53. The summed E-state index contributed by atoms with van der Waals surface area (Å²) in [6, 6.07) is 1.61. The number of imidazole rings is 1. The summed E-state index contributed by atoms with van der Waals surface area (Å²) in [7, 11) is 0. The number of alkyl halides is 3. The first-order valence-corrected chi connectivity index (χ1v) is 4.72. The zero-order valence-electron chi connectivity index (χ0n) is 8.27. The molecule has 0 aliphatic rings. The van der Waals surface area contributed by atoms with Crippen LogP contribution in [0.25, 0.3) is 11.0 Å². The molecule has 1 heterocycles. The summed E-state index contributed by atoms with van der Waals surface area (Å²) < 4.78 is 37.1. The molecule has 0 atom stereocenters. The Morgan fingerprint density at radius 1 is 1.44 bits per heavy atom. The summed E-state index contributed by atoms with van der Waals surface area (Å²) in [5.41, 5.74) is -1.35. The van der Waals surface area contributed by atoms with Crippen LogP contribution in [-0.2, 0) is 6.18 Å². The van der Waals surface area contributed by atoms with Crippen LogP contribution in [0.5, 0.6) is 0 Å². The summed E-state index contributed by atoms with van der Waals surface area (Å²) in [6.07, 6.45) is -4.88. The van der Waals surface area contributed by atoms with E-state index >= 15 is 0 Å². The fourth-order valence-electron chi connectivity index (χ4n) is 1.40. The third kappa shape index (κ3) is 1.82. The smallest absolute Gasteiger partial charge is 0.426 e. The van der Waals surface area contributed by atoms with Gasteiger partial charge in [-0.15, -0.1) is 0 Å². The zero-order valence-corrected chi connectivity index (χ0v) is 9.03. The van der Waals surface area contributed by atoms with E-state index in [-0.39, 0.29) is 15.3 Å². The predicted molar refractivity (Wildman–Crippen MR) is 53.6 cm³/mol. The van der Waals surface area contributed by atoms with Crippen molar-refractivity contribution >= 4 is 28.3 Å². The van der Waals surface area contributed by atoms with E-state index in [2.05, 4.69) is 4.98 Å². The van der Waals surface area contributed by atoms with Crippen molar-refractivity contribution in [3.05, 3.63) is 33.1 Å². The Labute approximate surface area is 101 Å². The van der Waals surface area contributed by atoms with E-state index in [1.807, 2.05) is 0 Å². The number of fused-ring (bicyclic) bond motifs is 1. The third-order valence-corrected chi connectivity index (χ3v) is 2.45. The van der Waals surface area contributed by atoms with E-state index in [4.69, 9.17) is 11.6 Å². The highest BCUT2D eigenvalue weighted by Gasteiger charge is 2.38. The molecule has 0 spiro atoms. The highest BCUT2D eigenvalue weighted by Crippen LogP contribution is 2.34. The summed E-state index contributed by atoms with van der Waals surface area (Å²) in [4.78, 5) is 12.8. The Kier molecular flexibility index (Phi) is 2.58. The van der Waals surface area contributed by atoms with Crippen molar-refractivity contribution in [2.75, 3.05) is 0 Å². The molecule has 0 amide bonds. The quantitative estimate of drug-likeness (QED) is 0.495. The van der Waals surface area contributed by atoms with Gasteiger partial charge in [0.25, 0.3) is 11.5 Å². The molecule has 1 aromatic heterocycles. The molecule has 10 heteroatoms. The Morgan fingerprint density at radius 2 is 2.06 bits per heavy atom. The minimum absolute atomic E-state index is 0.251. The van der Waals surface area contributed by atoms with Gasteiger partial charge in [0.1, 0.15) is 10.5 Å². The maximum absolute atomic E-state index is 12.4. The van der Waals surface area contributed by atoms with Crippen molar-refractivity contribution < 1.29 is 23.3 Å². The average molecular weight is 282 g/mol. The second kappa shape index (κ2) is 3.73. The lowest BCUT2D eigenvalue weighted by molar-refractivity contribution is -0.384. The molecule has 0 fully saturated rings. The molecule has 0 saturated carbocycles. The number of hydrogen-bond donors (Lipinski definition) is 1. The van der Waals surface area contributed by atoms with Crippen LogP contribution in [0.3, 0.4) is 0 Å². The fraction of sp³-hybridized carbons (Fsp3) is 0.125. The Bertz CT molecular complexity index is 652. The van der Waals surface area contributed by atoms with Gasteiger partial charge in [-0.3, -0.25) is 10.1 Å². The first-order valence-electron chi connectivity index (χ1n) is 4.34. The summed E-state index contributed by atoms with van der Waals surface area (Å²) in [5.74, 6) is -1.57. The summed E-state index contributed by atoms with van der Waals surface area (Å²) >= 11 is 5.52. The van der Waals surface area contributed by atoms with Gasteiger partial charge in [-0.25, -0.2) is 4.98 Å². The molecule has 0 bridgehead atoms. The number of nitro benzene ring substituents is 1. The lowest BCUT2D eigenvalue weighted by Crippen LogP contribution is -2.13. The maximum atomic E-state index is 12.4. The van der Waals surface area contributed by atoms with Crippen molar-refractivity contribution in [3.63, 3.8) is 0 Å². The van der Waals surface area contributed by atoms with Crippen molar-refractivity contribution in [1.29, 1.82) is 0 Å². The minimum atomic E-state index is -4.88. The molecule has 6 nitrogen and oxygen atoms in total. The molecule has 0 radical (unpaired) electrons. The van der Waals surface area contributed by atoms with Crippen LogP contribution in [0.4, 0.5) is 18.9 Å². The first kappa shape index (κ1) is 12.4. The molecule has 96 valence electrons. The fourth-order valence-corrected chi connectivity index (χ4v) is 1.63. The highest BCUT2D eigenvalue weighted by molar-refractivity contribution is 6.33. The standard InChI is InChI=1S/C8H3ClF3N3O3/c9-3-1-4-6(2-5(3)15(17)18)14(16)7(13-4)8(10,11)12/h1-2,16H. The van der Waals surface area contributed by atoms with Crippen molar-refractivity contribution in [2.24, 2.45) is 0 Å². The van der Waals surface area contributed by atoms with E-state index < -0.39 is 28.1 Å². The molecular formula is C8H3ClF3N3O3. The van der Waals surface area contributed by atoms with Crippen LogP contribution in [0.1, 0.15) is 5.82 Å². The molecule has 0 aliphatic carbocycles. The van der Waals surface area contributed by atoms with Gasteiger partial charge in [0, 0.05) is 6.07 Å². The summed E-state index contributed by atoms with van der Waals surface area (Å²) in [5, 5.41) is 19.5. The molecule has 2 aromatic rings. The number of rotatable bonds is 1. The molecule has 2 rings (SSSR count). The maximum Gasteiger partial charge on any atom is 0.453 e. The predicted octanol–water partition coefficient (Wildman–Crippen LogP) is 2.85. The number of nitrogens with zero attached hydrogens (tertiary/aromatic N) is 3. The van der Waals surface area contributed by atoms with E-state index in [9.17, 15) is 28.5 Å². The van der Waals surface area contributed by atoms with Gasteiger partial charge in [-0.05, 0) is 6.07 Å². The number of hydrogen-bond acceptors (Lipinski definition) is 4. The van der Waals surface area contributed by atoms with E-state index in [0.29, 0.717) is 0 Å². The Morgan fingerprint density at radius 3 is 2.56 bits per heavy atom. The normalized spacial score (nSPS) is 12.0. The zero-order chi connectivity index (χ0) is 13.7. The van der Waals surface area contributed by atoms with Crippen LogP contribution in [0, 0.1) is 10.1 Å². The van der Waals surface area contributed by atoms with E-state index in [0.717, 1.165) is 12.1 Å². The highest BCUT2D eigenvalue weighted by atomic mass is 35.5. The van der Waals surface area contributed by atoms with Gasteiger partial charge in [-0.2, -0.15) is 17.9 Å². The summed E-state index contributed by atoms with van der Waals surface area (Å²) in [6.45, 7) is 0. The second-order valence-corrected chi connectivity index (χ2v) is 3.70. The lowest BCUT2D eigenvalue weighted by atomic mass is 10.3. The van der Waals surface area contributed by atoms with Crippen LogP contribution < -0.4 is 0 Å². The van der Waals surface area contributed by atoms with Crippen molar-refractivity contribution in [2.45, 2.75) is 6.18 Å². The number of benzene rings is 1. The molecule has 1 N–H and O–H groups in total. The molecule has 0 saturated heterocycles. The van der Waals surface area contributed by atoms with Crippen LogP contribution in [-0.4, -0.2) is 19.8 Å². The molecular weight excluding hydrogens is 279 g/mol. The number of halogens is 4. The number of nitro groups is 1. The van der Waals surface area contributed by atoms with Crippen molar-refractivity contribution in [1.82, 2.24) is 9.71 Å². The van der Waals surface area contributed by atoms with Gasteiger partial charge >= 0.3 is 6.18 Å². The third-order valence-electron chi connectivity index (χ3n) is 2.15. The van der Waals surface area contributed by atoms with Crippen LogP contribution in [0.15, 0.2) is 12.1 Å². The minimum Gasteiger partial charge on any atom is -0.426 e. The van der Waals surface area contributed by atoms with Crippen LogP contribution >= 0.6 is 11.6 Å². The van der Waals surface area contributed by atoms with Gasteiger partial charge in [0.2, 0.25) is 0 Å². The van der Waals surface area contributed by atoms with Gasteiger partial charge < -0.3 is 5.21 Å². The monoisotopic (exact) mass is 281 g/mol. The Balaban J connectivity index is 2.78. The lowest BCUT2D eigenvalue weighted by Gasteiger charge is -2.03. The topological polar surface area (TPSA) is 81.2 Å². The molecule has 18 heavy (non-hydrogen) atoms. The Hall–Kier alpha value is -2.03.